The minimum absolute atomic E-state index is 0.0758. The quantitative estimate of drug-likeness (QED) is 0.435. The van der Waals surface area contributed by atoms with Crippen LogP contribution in [-0.2, 0) is 14.8 Å². The zero-order valence-corrected chi connectivity index (χ0v) is 20.0. The number of carbonyl (C=O) groups excluding carboxylic acids is 1. The van der Waals surface area contributed by atoms with Gasteiger partial charge in [0.15, 0.2) is 6.10 Å². The SMILES string of the molecule is Cc1cc(C)cc(NS(=O)(=O)c2ccc(NC(=O)[C@@H](C)Oc3ccc(Cl)cc3Cl)cc2)c1. The number of halogens is 2. The first-order valence-electron chi connectivity index (χ1n) is 9.67. The molecule has 0 aliphatic carbocycles. The number of benzene rings is 3. The van der Waals surface area contributed by atoms with Gasteiger partial charge in [0, 0.05) is 16.4 Å². The Balaban J connectivity index is 1.66. The summed E-state index contributed by atoms with van der Waals surface area (Å²) in [6, 6.07) is 16.0. The van der Waals surface area contributed by atoms with Crippen LogP contribution in [0.15, 0.2) is 65.6 Å². The number of sulfonamides is 1. The molecule has 0 unspecified atom stereocenters. The first kappa shape index (κ1) is 23.9. The summed E-state index contributed by atoms with van der Waals surface area (Å²) < 4.78 is 33.5. The van der Waals surface area contributed by atoms with Crippen molar-refractivity contribution < 1.29 is 17.9 Å². The zero-order chi connectivity index (χ0) is 23.5. The Morgan fingerprint density at radius 2 is 1.53 bits per heavy atom. The molecule has 3 aromatic carbocycles. The van der Waals surface area contributed by atoms with E-state index in [2.05, 4.69) is 10.0 Å². The molecule has 0 aromatic heterocycles. The van der Waals surface area contributed by atoms with Crippen molar-refractivity contribution in [1.82, 2.24) is 0 Å². The number of carbonyl (C=O) groups is 1. The van der Waals surface area contributed by atoms with Crippen LogP contribution in [0.4, 0.5) is 11.4 Å². The van der Waals surface area contributed by atoms with E-state index in [0.717, 1.165) is 11.1 Å². The maximum Gasteiger partial charge on any atom is 0.265 e. The molecule has 3 aromatic rings. The topological polar surface area (TPSA) is 84.5 Å². The van der Waals surface area contributed by atoms with Gasteiger partial charge in [-0.15, -0.1) is 0 Å². The van der Waals surface area contributed by atoms with E-state index in [1.54, 1.807) is 31.2 Å². The zero-order valence-electron chi connectivity index (χ0n) is 17.6. The van der Waals surface area contributed by atoms with Crippen LogP contribution in [0.5, 0.6) is 5.75 Å². The van der Waals surface area contributed by atoms with Crippen molar-refractivity contribution in [3.05, 3.63) is 81.8 Å². The van der Waals surface area contributed by atoms with E-state index in [1.165, 1.54) is 30.3 Å². The highest BCUT2D eigenvalue weighted by Gasteiger charge is 2.18. The molecule has 32 heavy (non-hydrogen) atoms. The molecule has 0 aliphatic rings. The molecule has 0 radical (unpaired) electrons. The first-order valence-corrected chi connectivity index (χ1v) is 11.9. The highest BCUT2D eigenvalue weighted by molar-refractivity contribution is 7.92. The second-order valence-corrected chi connectivity index (χ2v) is 9.86. The van der Waals surface area contributed by atoms with Crippen molar-refractivity contribution in [2.24, 2.45) is 0 Å². The van der Waals surface area contributed by atoms with E-state index in [1.807, 2.05) is 19.9 Å². The molecule has 168 valence electrons. The fourth-order valence-electron chi connectivity index (χ4n) is 3.02. The monoisotopic (exact) mass is 492 g/mol. The van der Waals surface area contributed by atoms with E-state index in [0.29, 0.717) is 27.2 Å². The molecule has 0 spiro atoms. The van der Waals surface area contributed by atoms with E-state index in [4.69, 9.17) is 27.9 Å². The number of rotatable bonds is 7. The Morgan fingerprint density at radius 3 is 2.12 bits per heavy atom. The number of ether oxygens (including phenoxy) is 1. The molecular weight excluding hydrogens is 471 g/mol. The first-order chi connectivity index (χ1) is 15.0. The summed E-state index contributed by atoms with van der Waals surface area (Å²) in [7, 11) is -3.77. The Labute approximate surface area is 197 Å². The van der Waals surface area contributed by atoms with Gasteiger partial charge in [-0.25, -0.2) is 8.42 Å². The van der Waals surface area contributed by atoms with Gasteiger partial charge in [-0.05, 0) is 86.5 Å². The van der Waals surface area contributed by atoms with Crippen LogP contribution in [0.1, 0.15) is 18.1 Å². The molecule has 2 N–H and O–H groups in total. The molecule has 0 aliphatic heterocycles. The fraction of sp³-hybridized carbons (Fsp3) is 0.174. The van der Waals surface area contributed by atoms with Crippen LogP contribution in [0.2, 0.25) is 10.0 Å². The second kappa shape index (κ2) is 9.81. The molecule has 1 atom stereocenters. The molecule has 3 rings (SSSR count). The van der Waals surface area contributed by atoms with Gasteiger partial charge < -0.3 is 10.1 Å². The molecule has 0 bridgehead atoms. The predicted octanol–water partition coefficient (Wildman–Crippen LogP) is 5.82. The van der Waals surface area contributed by atoms with Gasteiger partial charge in [0.2, 0.25) is 0 Å². The van der Waals surface area contributed by atoms with E-state index in [-0.39, 0.29) is 4.90 Å². The van der Waals surface area contributed by atoms with Crippen LogP contribution < -0.4 is 14.8 Å². The average molecular weight is 493 g/mol. The van der Waals surface area contributed by atoms with Crippen molar-refractivity contribution in [2.75, 3.05) is 10.0 Å². The lowest BCUT2D eigenvalue weighted by molar-refractivity contribution is -0.122. The van der Waals surface area contributed by atoms with Gasteiger partial charge >= 0.3 is 0 Å². The smallest absolute Gasteiger partial charge is 0.265 e. The highest BCUT2D eigenvalue weighted by Crippen LogP contribution is 2.28. The number of aryl methyl sites for hydroxylation is 2. The van der Waals surface area contributed by atoms with E-state index < -0.39 is 22.0 Å². The van der Waals surface area contributed by atoms with Crippen LogP contribution in [-0.4, -0.2) is 20.4 Å². The minimum Gasteiger partial charge on any atom is -0.479 e. The van der Waals surface area contributed by atoms with Gasteiger partial charge in [-0.3, -0.25) is 9.52 Å². The summed E-state index contributed by atoms with van der Waals surface area (Å²) in [5.74, 6) is -0.0856. The maximum atomic E-state index is 12.7. The van der Waals surface area contributed by atoms with Crippen molar-refractivity contribution in [3.8, 4) is 5.75 Å². The van der Waals surface area contributed by atoms with E-state index in [9.17, 15) is 13.2 Å². The number of amides is 1. The standard InChI is InChI=1S/C23H22Cl2N2O4S/c1-14-10-15(2)12-19(11-14)27-32(29,30)20-7-5-18(6-8-20)26-23(28)16(3)31-22-9-4-17(24)13-21(22)25/h4-13,16,27H,1-3H3,(H,26,28)/t16-/m1/s1. The molecule has 6 nitrogen and oxygen atoms in total. The number of nitrogens with one attached hydrogen (secondary N) is 2. The molecule has 0 heterocycles. The lowest BCUT2D eigenvalue weighted by atomic mass is 10.1. The Morgan fingerprint density at radius 1 is 0.906 bits per heavy atom. The third-order valence-electron chi connectivity index (χ3n) is 4.47. The summed E-state index contributed by atoms with van der Waals surface area (Å²) in [4.78, 5) is 12.5. The largest absolute Gasteiger partial charge is 0.479 e. The third kappa shape index (κ3) is 6.16. The molecule has 0 saturated heterocycles. The molecular formula is C23H22Cl2N2O4S. The third-order valence-corrected chi connectivity index (χ3v) is 6.40. The van der Waals surface area contributed by atoms with Crippen molar-refractivity contribution in [2.45, 2.75) is 31.8 Å². The van der Waals surface area contributed by atoms with Crippen LogP contribution in [0.3, 0.4) is 0 Å². The van der Waals surface area contributed by atoms with Gasteiger partial charge in [-0.1, -0.05) is 29.3 Å². The number of hydrogen-bond donors (Lipinski definition) is 2. The van der Waals surface area contributed by atoms with Crippen LogP contribution >= 0.6 is 23.2 Å². The fourth-order valence-corrected chi connectivity index (χ4v) is 4.52. The summed E-state index contributed by atoms with van der Waals surface area (Å²) in [6.07, 6.45) is -0.844. The summed E-state index contributed by atoms with van der Waals surface area (Å²) in [5.41, 5.74) is 2.83. The number of anilines is 2. The Bertz CT molecular complexity index is 1230. The summed E-state index contributed by atoms with van der Waals surface area (Å²) >= 11 is 11.9. The summed E-state index contributed by atoms with van der Waals surface area (Å²) in [6.45, 7) is 5.37. The second-order valence-electron chi connectivity index (χ2n) is 7.33. The van der Waals surface area contributed by atoms with Gasteiger partial charge in [0.05, 0.1) is 9.92 Å². The van der Waals surface area contributed by atoms with Crippen molar-refractivity contribution in [1.29, 1.82) is 0 Å². The number of hydrogen-bond acceptors (Lipinski definition) is 4. The normalized spacial score (nSPS) is 12.2. The van der Waals surface area contributed by atoms with E-state index >= 15 is 0 Å². The summed E-state index contributed by atoms with van der Waals surface area (Å²) in [5, 5.41) is 3.44. The van der Waals surface area contributed by atoms with Gasteiger partial charge in [0.1, 0.15) is 5.75 Å². The molecule has 1 amide bonds. The Kier molecular flexibility index (Phi) is 7.33. The van der Waals surface area contributed by atoms with Gasteiger partial charge in [0.25, 0.3) is 15.9 Å². The van der Waals surface area contributed by atoms with Crippen molar-refractivity contribution in [3.63, 3.8) is 0 Å². The average Bonchev–Trinajstić information content (AvgIpc) is 2.69. The molecule has 0 fully saturated rings. The molecule has 0 saturated carbocycles. The lowest BCUT2D eigenvalue weighted by Crippen LogP contribution is -2.30. The highest BCUT2D eigenvalue weighted by atomic mass is 35.5. The van der Waals surface area contributed by atoms with Gasteiger partial charge in [-0.2, -0.15) is 0 Å². The van der Waals surface area contributed by atoms with Crippen LogP contribution in [0.25, 0.3) is 0 Å². The lowest BCUT2D eigenvalue weighted by Gasteiger charge is -2.16. The predicted molar refractivity (Wildman–Crippen MR) is 128 cm³/mol. The maximum absolute atomic E-state index is 12.7. The molecule has 9 heteroatoms. The Hall–Kier alpha value is -2.74. The van der Waals surface area contributed by atoms with Crippen LogP contribution in [0, 0.1) is 13.8 Å². The van der Waals surface area contributed by atoms with Crippen molar-refractivity contribution >= 4 is 50.5 Å². The minimum atomic E-state index is -3.77.